The largest absolute Gasteiger partial charge is 0.348 e. The number of fused-ring (bicyclic) bond motifs is 1. The molecular formula is C15H15N3. The lowest BCUT2D eigenvalue weighted by molar-refractivity contribution is 0.421. The Labute approximate surface area is 107 Å². The van der Waals surface area contributed by atoms with Gasteiger partial charge in [-0.2, -0.15) is 0 Å². The molecule has 0 aliphatic carbocycles. The van der Waals surface area contributed by atoms with E-state index in [1.165, 1.54) is 5.56 Å². The highest BCUT2D eigenvalue weighted by Gasteiger charge is 2.23. The molecule has 0 amide bonds. The van der Waals surface area contributed by atoms with Crippen LogP contribution in [0.25, 0.3) is 0 Å². The Morgan fingerprint density at radius 3 is 2.78 bits per heavy atom. The number of rotatable bonds is 2. The molecule has 0 fully saturated rings. The number of nitrogens with zero attached hydrogens (tertiary/aromatic N) is 2. The minimum Gasteiger partial charge on any atom is -0.348 e. The van der Waals surface area contributed by atoms with Crippen molar-refractivity contribution in [2.24, 2.45) is 0 Å². The number of hydrogen-bond donors (Lipinski definition) is 1. The SMILES string of the molecule is Cc1ccc(CN2Cc3ccccc3C2=N)cn1. The molecule has 0 bridgehead atoms. The summed E-state index contributed by atoms with van der Waals surface area (Å²) in [6, 6.07) is 12.2. The Hall–Kier alpha value is -2.16. The number of nitrogens with one attached hydrogen (secondary N) is 1. The zero-order valence-electron chi connectivity index (χ0n) is 10.4. The number of aryl methyl sites for hydroxylation is 1. The number of hydrogen-bond acceptors (Lipinski definition) is 2. The zero-order chi connectivity index (χ0) is 12.5. The van der Waals surface area contributed by atoms with Gasteiger partial charge in [-0.05, 0) is 24.1 Å². The first kappa shape index (κ1) is 11.0. The molecule has 2 aromatic rings. The zero-order valence-corrected chi connectivity index (χ0v) is 10.4. The molecule has 1 N–H and O–H groups in total. The van der Waals surface area contributed by atoms with Crippen LogP contribution in [0.4, 0.5) is 0 Å². The van der Waals surface area contributed by atoms with Crippen molar-refractivity contribution in [3.63, 3.8) is 0 Å². The third-order valence-corrected chi connectivity index (χ3v) is 3.30. The summed E-state index contributed by atoms with van der Waals surface area (Å²) in [6.45, 7) is 3.56. The molecule has 90 valence electrons. The smallest absolute Gasteiger partial charge is 0.129 e. The second kappa shape index (κ2) is 4.26. The van der Waals surface area contributed by atoms with Crippen molar-refractivity contribution in [2.75, 3.05) is 0 Å². The maximum Gasteiger partial charge on any atom is 0.129 e. The number of pyridine rings is 1. The lowest BCUT2D eigenvalue weighted by Crippen LogP contribution is -2.23. The van der Waals surface area contributed by atoms with E-state index in [1.54, 1.807) is 0 Å². The third-order valence-electron chi connectivity index (χ3n) is 3.30. The van der Waals surface area contributed by atoms with E-state index in [0.29, 0.717) is 5.84 Å². The number of aromatic nitrogens is 1. The Balaban J connectivity index is 1.81. The van der Waals surface area contributed by atoms with E-state index in [4.69, 9.17) is 5.41 Å². The quantitative estimate of drug-likeness (QED) is 0.872. The van der Waals surface area contributed by atoms with Crippen LogP contribution in [0.15, 0.2) is 42.6 Å². The van der Waals surface area contributed by atoms with Crippen LogP contribution in [0.1, 0.15) is 22.4 Å². The van der Waals surface area contributed by atoms with Crippen LogP contribution in [0.3, 0.4) is 0 Å². The van der Waals surface area contributed by atoms with Gasteiger partial charge in [0.15, 0.2) is 0 Å². The summed E-state index contributed by atoms with van der Waals surface area (Å²) in [4.78, 5) is 6.38. The summed E-state index contributed by atoms with van der Waals surface area (Å²) in [5, 5.41) is 8.18. The highest BCUT2D eigenvalue weighted by molar-refractivity contribution is 6.00. The minimum atomic E-state index is 0.617. The fraction of sp³-hybridized carbons (Fsp3) is 0.200. The van der Waals surface area contributed by atoms with E-state index in [-0.39, 0.29) is 0 Å². The normalized spacial score (nSPS) is 13.8. The first-order valence-electron chi connectivity index (χ1n) is 6.07. The van der Waals surface area contributed by atoms with Crippen LogP contribution in [0.2, 0.25) is 0 Å². The van der Waals surface area contributed by atoms with E-state index in [0.717, 1.165) is 29.9 Å². The Morgan fingerprint density at radius 2 is 2.06 bits per heavy atom. The Bertz CT molecular complexity index is 587. The number of amidine groups is 1. The molecule has 2 heterocycles. The molecule has 3 nitrogen and oxygen atoms in total. The predicted octanol–water partition coefficient (Wildman–Crippen LogP) is 2.73. The van der Waals surface area contributed by atoms with Gasteiger partial charge in [0.2, 0.25) is 0 Å². The van der Waals surface area contributed by atoms with Crippen LogP contribution in [-0.2, 0) is 13.1 Å². The Kier molecular flexibility index (Phi) is 2.59. The van der Waals surface area contributed by atoms with Gasteiger partial charge in [-0.25, -0.2) is 0 Å². The minimum absolute atomic E-state index is 0.617. The molecule has 1 aromatic carbocycles. The maximum absolute atomic E-state index is 8.18. The van der Waals surface area contributed by atoms with Crippen LogP contribution >= 0.6 is 0 Å². The van der Waals surface area contributed by atoms with Gasteiger partial charge < -0.3 is 4.90 Å². The lowest BCUT2D eigenvalue weighted by Gasteiger charge is -2.17. The van der Waals surface area contributed by atoms with Gasteiger partial charge in [-0.15, -0.1) is 0 Å². The van der Waals surface area contributed by atoms with Crippen LogP contribution in [0.5, 0.6) is 0 Å². The second-order valence-corrected chi connectivity index (χ2v) is 4.67. The van der Waals surface area contributed by atoms with Crippen molar-refractivity contribution in [1.29, 1.82) is 5.41 Å². The third kappa shape index (κ3) is 1.88. The maximum atomic E-state index is 8.18. The van der Waals surface area contributed by atoms with E-state index >= 15 is 0 Å². The first-order valence-corrected chi connectivity index (χ1v) is 6.07. The molecule has 1 aliphatic rings. The molecule has 0 unspecified atom stereocenters. The van der Waals surface area contributed by atoms with Gasteiger partial charge in [0.25, 0.3) is 0 Å². The summed E-state index contributed by atoms with van der Waals surface area (Å²) < 4.78 is 0. The van der Waals surface area contributed by atoms with Crippen molar-refractivity contribution >= 4 is 5.84 Å². The van der Waals surface area contributed by atoms with Crippen LogP contribution < -0.4 is 0 Å². The summed E-state index contributed by atoms with van der Waals surface area (Å²) in [6.07, 6.45) is 1.89. The molecule has 0 atom stereocenters. The summed E-state index contributed by atoms with van der Waals surface area (Å²) in [5.41, 5.74) is 4.47. The molecular weight excluding hydrogens is 222 g/mol. The standard InChI is InChI=1S/C15H15N3/c1-11-6-7-12(8-17-11)9-18-10-13-4-2-3-5-14(13)15(18)16/h2-8,16H,9-10H2,1H3. The average molecular weight is 237 g/mol. The molecule has 0 saturated carbocycles. The predicted molar refractivity (Wildman–Crippen MR) is 71.5 cm³/mol. The molecule has 0 spiro atoms. The van der Waals surface area contributed by atoms with E-state index in [2.05, 4.69) is 22.0 Å². The summed E-state index contributed by atoms with van der Waals surface area (Å²) in [7, 11) is 0. The van der Waals surface area contributed by atoms with E-state index in [9.17, 15) is 0 Å². The molecule has 1 aliphatic heterocycles. The van der Waals surface area contributed by atoms with Crippen molar-refractivity contribution < 1.29 is 0 Å². The highest BCUT2D eigenvalue weighted by Crippen LogP contribution is 2.23. The van der Waals surface area contributed by atoms with Gasteiger partial charge in [-0.3, -0.25) is 10.4 Å². The van der Waals surface area contributed by atoms with Crippen molar-refractivity contribution in [3.05, 3.63) is 65.0 Å². The molecule has 1 aromatic heterocycles. The van der Waals surface area contributed by atoms with Crippen LogP contribution in [-0.4, -0.2) is 15.7 Å². The van der Waals surface area contributed by atoms with Crippen molar-refractivity contribution in [2.45, 2.75) is 20.0 Å². The highest BCUT2D eigenvalue weighted by atomic mass is 15.2. The van der Waals surface area contributed by atoms with Crippen LogP contribution in [0, 0.1) is 12.3 Å². The van der Waals surface area contributed by atoms with E-state index in [1.807, 2.05) is 37.4 Å². The topological polar surface area (TPSA) is 40.0 Å². The summed E-state index contributed by atoms with van der Waals surface area (Å²) >= 11 is 0. The van der Waals surface area contributed by atoms with Gasteiger partial charge in [0, 0.05) is 30.5 Å². The van der Waals surface area contributed by atoms with Gasteiger partial charge in [0.05, 0.1) is 0 Å². The van der Waals surface area contributed by atoms with Crippen molar-refractivity contribution in [3.8, 4) is 0 Å². The fourth-order valence-electron chi connectivity index (χ4n) is 2.29. The van der Waals surface area contributed by atoms with Gasteiger partial charge in [0.1, 0.15) is 5.84 Å². The number of benzene rings is 1. The molecule has 0 radical (unpaired) electrons. The molecule has 18 heavy (non-hydrogen) atoms. The summed E-state index contributed by atoms with van der Waals surface area (Å²) in [5.74, 6) is 0.617. The molecule has 3 rings (SSSR count). The second-order valence-electron chi connectivity index (χ2n) is 4.67. The van der Waals surface area contributed by atoms with Crippen molar-refractivity contribution in [1.82, 2.24) is 9.88 Å². The lowest BCUT2D eigenvalue weighted by atomic mass is 10.1. The molecule has 3 heteroatoms. The average Bonchev–Trinajstić information content (AvgIpc) is 2.70. The van der Waals surface area contributed by atoms with Gasteiger partial charge >= 0.3 is 0 Å². The molecule has 0 saturated heterocycles. The monoisotopic (exact) mass is 237 g/mol. The fourth-order valence-corrected chi connectivity index (χ4v) is 2.29. The Morgan fingerprint density at radius 1 is 1.22 bits per heavy atom. The first-order chi connectivity index (χ1) is 8.74. The van der Waals surface area contributed by atoms with Gasteiger partial charge in [-0.1, -0.05) is 30.3 Å². The van der Waals surface area contributed by atoms with E-state index < -0.39 is 0 Å².